The van der Waals surface area contributed by atoms with Gasteiger partial charge in [-0.05, 0) is 49.0 Å². The number of nitrogens with one attached hydrogen (secondary N) is 2. The molecule has 0 saturated carbocycles. The van der Waals surface area contributed by atoms with Gasteiger partial charge in [0.1, 0.15) is 22.2 Å². The number of halogens is 1. The van der Waals surface area contributed by atoms with Crippen LogP contribution in [-0.2, 0) is 16.6 Å². The molecule has 0 aliphatic heterocycles. The molecule has 0 aromatic carbocycles. The number of hydrogen-bond donors (Lipinski definition) is 2. The normalized spacial score (nSPS) is 11.6. The maximum atomic E-state index is 12.4. The fourth-order valence-corrected chi connectivity index (χ4v) is 3.27. The van der Waals surface area contributed by atoms with Crippen molar-refractivity contribution in [3.8, 4) is 0 Å². The van der Waals surface area contributed by atoms with Gasteiger partial charge in [0.25, 0.3) is 10.0 Å². The fourth-order valence-electron chi connectivity index (χ4n) is 1.85. The third-order valence-corrected chi connectivity index (χ3v) is 5.12. The van der Waals surface area contributed by atoms with Gasteiger partial charge < -0.3 is 9.73 Å². The number of pyridine rings is 1. The number of furan rings is 1. The van der Waals surface area contributed by atoms with E-state index in [2.05, 4.69) is 31.0 Å². The van der Waals surface area contributed by atoms with Crippen LogP contribution in [0.2, 0.25) is 0 Å². The molecule has 0 fully saturated rings. The summed E-state index contributed by atoms with van der Waals surface area (Å²) < 4.78 is 33.5. The van der Waals surface area contributed by atoms with Crippen LogP contribution in [0.15, 0.2) is 32.0 Å². The highest BCUT2D eigenvalue weighted by atomic mass is 79.9. The predicted octanol–water partition coefficient (Wildman–Crippen LogP) is 2.57. The van der Waals surface area contributed by atoms with Crippen molar-refractivity contribution in [1.29, 1.82) is 0 Å². The Labute approximate surface area is 132 Å². The third kappa shape index (κ3) is 3.63. The SMILES string of the molecule is CNCc1cc(S(=O)(=O)Nc2ccc(Br)c(C)n2)c(C)o1. The molecule has 8 heteroatoms. The number of aromatic nitrogens is 1. The first-order valence-corrected chi connectivity index (χ1v) is 8.51. The first-order valence-electron chi connectivity index (χ1n) is 6.23. The highest BCUT2D eigenvalue weighted by Gasteiger charge is 2.22. The lowest BCUT2D eigenvalue weighted by Gasteiger charge is -2.07. The van der Waals surface area contributed by atoms with E-state index in [-0.39, 0.29) is 10.7 Å². The van der Waals surface area contributed by atoms with Crippen LogP contribution in [0.5, 0.6) is 0 Å². The molecule has 0 spiro atoms. The van der Waals surface area contributed by atoms with Crippen LogP contribution in [0.4, 0.5) is 5.82 Å². The van der Waals surface area contributed by atoms with Crippen LogP contribution in [0.25, 0.3) is 0 Å². The number of sulfonamides is 1. The van der Waals surface area contributed by atoms with Gasteiger partial charge in [-0.15, -0.1) is 0 Å². The summed E-state index contributed by atoms with van der Waals surface area (Å²) in [5.74, 6) is 1.18. The van der Waals surface area contributed by atoms with Crippen molar-refractivity contribution in [1.82, 2.24) is 10.3 Å². The number of anilines is 1. The van der Waals surface area contributed by atoms with Crippen LogP contribution < -0.4 is 10.0 Å². The van der Waals surface area contributed by atoms with Gasteiger partial charge in [0.2, 0.25) is 0 Å². The first-order chi connectivity index (χ1) is 9.83. The summed E-state index contributed by atoms with van der Waals surface area (Å²) in [6.45, 7) is 3.87. The Morgan fingerprint density at radius 1 is 1.33 bits per heavy atom. The number of aryl methyl sites for hydroxylation is 2. The van der Waals surface area contributed by atoms with Gasteiger partial charge in [-0.1, -0.05) is 0 Å². The zero-order valence-electron chi connectivity index (χ0n) is 11.9. The van der Waals surface area contributed by atoms with Gasteiger partial charge >= 0.3 is 0 Å². The molecule has 0 atom stereocenters. The lowest BCUT2D eigenvalue weighted by atomic mass is 10.4. The Bertz CT molecular complexity index is 756. The largest absolute Gasteiger partial charge is 0.464 e. The minimum absolute atomic E-state index is 0.120. The van der Waals surface area contributed by atoms with Crippen LogP contribution in [-0.4, -0.2) is 20.4 Å². The standard InChI is InChI=1S/C13H16BrN3O3S/c1-8-11(14)4-5-13(16-8)17-21(18,19)12-6-10(7-15-3)20-9(12)2/h4-6,15H,7H2,1-3H3,(H,16,17). The fraction of sp³-hybridized carbons (Fsp3) is 0.308. The second-order valence-electron chi connectivity index (χ2n) is 4.53. The Kier molecular flexibility index (Phi) is 4.70. The van der Waals surface area contributed by atoms with E-state index >= 15 is 0 Å². The zero-order chi connectivity index (χ0) is 15.6. The predicted molar refractivity (Wildman–Crippen MR) is 83.7 cm³/mol. The lowest BCUT2D eigenvalue weighted by molar-refractivity contribution is 0.466. The van der Waals surface area contributed by atoms with Gasteiger partial charge in [-0.2, -0.15) is 0 Å². The van der Waals surface area contributed by atoms with E-state index in [9.17, 15) is 8.42 Å². The smallest absolute Gasteiger partial charge is 0.266 e. The Morgan fingerprint density at radius 3 is 2.67 bits per heavy atom. The average molecular weight is 374 g/mol. The van der Waals surface area contributed by atoms with Crippen molar-refractivity contribution < 1.29 is 12.8 Å². The summed E-state index contributed by atoms with van der Waals surface area (Å²) in [6, 6.07) is 4.85. The molecule has 6 nitrogen and oxygen atoms in total. The molecule has 0 aliphatic carbocycles. The van der Waals surface area contributed by atoms with Gasteiger partial charge in [-0.25, -0.2) is 13.4 Å². The molecular weight excluding hydrogens is 358 g/mol. The summed E-state index contributed by atoms with van der Waals surface area (Å²) in [5.41, 5.74) is 0.704. The van der Waals surface area contributed by atoms with Crippen LogP contribution >= 0.6 is 15.9 Å². The molecule has 2 rings (SSSR count). The zero-order valence-corrected chi connectivity index (χ0v) is 14.3. The summed E-state index contributed by atoms with van der Waals surface area (Å²) >= 11 is 3.32. The molecule has 2 heterocycles. The molecule has 0 amide bonds. The summed E-state index contributed by atoms with van der Waals surface area (Å²) in [5, 5.41) is 2.91. The highest BCUT2D eigenvalue weighted by Crippen LogP contribution is 2.23. The van der Waals surface area contributed by atoms with E-state index in [0.717, 1.165) is 4.47 Å². The minimum atomic E-state index is -3.72. The molecule has 2 N–H and O–H groups in total. The van der Waals surface area contributed by atoms with Crippen LogP contribution in [0.3, 0.4) is 0 Å². The van der Waals surface area contributed by atoms with Crippen molar-refractivity contribution >= 4 is 31.8 Å². The average Bonchev–Trinajstić information content (AvgIpc) is 2.76. The van der Waals surface area contributed by atoms with Crippen molar-refractivity contribution in [2.75, 3.05) is 11.8 Å². The Balaban J connectivity index is 2.31. The van der Waals surface area contributed by atoms with Gasteiger partial charge in [0.15, 0.2) is 0 Å². The van der Waals surface area contributed by atoms with Gasteiger partial charge in [0, 0.05) is 10.5 Å². The second kappa shape index (κ2) is 6.17. The topological polar surface area (TPSA) is 84.2 Å². The monoisotopic (exact) mass is 373 g/mol. The molecular formula is C13H16BrN3O3S. The maximum absolute atomic E-state index is 12.4. The minimum Gasteiger partial charge on any atom is -0.464 e. The highest BCUT2D eigenvalue weighted by molar-refractivity contribution is 9.10. The van der Waals surface area contributed by atoms with Crippen LogP contribution in [0.1, 0.15) is 17.2 Å². The molecule has 0 radical (unpaired) electrons. The molecule has 0 unspecified atom stereocenters. The molecule has 0 aliphatic rings. The molecule has 2 aromatic heterocycles. The van der Waals surface area contributed by atoms with E-state index in [4.69, 9.17) is 4.42 Å². The van der Waals surface area contributed by atoms with E-state index < -0.39 is 10.0 Å². The number of nitrogens with zero attached hydrogens (tertiary/aromatic N) is 1. The number of hydrogen-bond acceptors (Lipinski definition) is 5. The second-order valence-corrected chi connectivity index (χ2v) is 7.04. The van der Waals surface area contributed by atoms with Crippen molar-refractivity contribution in [3.63, 3.8) is 0 Å². The van der Waals surface area contributed by atoms with E-state index in [1.54, 1.807) is 33.0 Å². The summed E-state index contributed by atoms with van der Waals surface area (Å²) in [6.07, 6.45) is 0. The lowest BCUT2D eigenvalue weighted by Crippen LogP contribution is -2.14. The van der Waals surface area contributed by atoms with Crippen molar-refractivity contribution in [3.05, 3.63) is 39.9 Å². The third-order valence-electron chi connectivity index (χ3n) is 2.82. The molecule has 0 bridgehead atoms. The van der Waals surface area contributed by atoms with Crippen molar-refractivity contribution in [2.24, 2.45) is 0 Å². The summed E-state index contributed by atoms with van der Waals surface area (Å²) in [4.78, 5) is 4.30. The molecule has 21 heavy (non-hydrogen) atoms. The molecule has 2 aromatic rings. The Morgan fingerprint density at radius 2 is 2.05 bits per heavy atom. The first kappa shape index (κ1) is 16.0. The number of rotatable bonds is 5. The van der Waals surface area contributed by atoms with Crippen molar-refractivity contribution in [2.45, 2.75) is 25.3 Å². The van der Waals surface area contributed by atoms with Gasteiger partial charge in [-0.3, -0.25) is 4.72 Å². The summed E-state index contributed by atoms with van der Waals surface area (Å²) in [7, 11) is -1.96. The molecule has 0 saturated heterocycles. The Hall–Kier alpha value is -1.38. The van der Waals surface area contributed by atoms with E-state index in [1.165, 1.54) is 6.07 Å². The van der Waals surface area contributed by atoms with E-state index in [0.29, 0.717) is 23.8 Å². The quantitative estimate of drug-likeness (QED) is 0.841. The van der Waals surface area contributed by atoms with E-state index in [1.807, 2.05) is 0 Å². The molecule has 114 valence electrons. The van der Waals surface area contributed by atoms with Gasteiger partial charge in [0.05, 0.1) is 12.2 Å². The maximum Gasteiger partial charge on any atom is 0.266 e. The van der Waals surface area contributed by atoms with Crippen LogP contribution in [0, 0.1) is 13.8 Å².